The van der Waals surface area contributed by atoms with Gasteiger partial charge in [-0.2, -0.15) is 0 Å². The third kappa shape index (κ3) is 2.43. The van der Waals surface area contributed by atoms with Crippen LogP contribution < -0.4 is 4.74 Å². The van der Waals surface area contributed by atoms with E-state index in [1.54, 1.807) is 0 Å². The summed E-state index contributed by atoms with van der Waals surface area (Å²) in [6, 6.07) is 1.03. The Kier molecular flexibility index (Phi) is 3.78. The molecular weight excluding hydrogens is 288 g/mol. The number of carbonyl (C=O) groups excluding carboxylic acids is 2. The van der Waals surface area contributed by atoms with E-state index in [0.29, 0.717) is 6.42 Å². The first-order valence-electron chi connectivity index (χ1n) is 7.43. The van der Waals surface area contributed by atoms with Gasteiger partial charge in [0.15, 0.2) is 23.4 Å². The zero-order valence-corrected chi connectivity index (χ0v) is 12.3. The summed E-state index contributed by atoms with van der Waals surface area (Å²) in [6.45, 7) is 1.67. The number of fused-ring (bicyclic) bond motifs is 1. The quantitative estimate of drug-likeness (QED) is 0.763. The molecule has 6 heteroatoms. The summed E-state index contributed by atoms with van der Waals surface area (Å²) in [5.74, 6) is -1.61. The van der Waals surface area contributed by atoms with Gasteiger partial charge < -0.3 is 19.7 Å². The highest BCUT2D eigenvalue weighted by Gasteiger charge is 2.39. The van der Waals surface area contributed by atoms with Crippen molar-refractivity contribution in [2.45, 2.75) is 44.8 Å². The molecule has 2 aliphatic heterocycles. The van der Waals surface area contributed by atoms with Crippen LogP contribution in [0.1, 0.15) is 53.3 Å². The summed E-state index contributed by atoms with van der Waals surface area (Å²) in [5, 5.41) is 19.9. The van der Waals surface area contributed by atoms with Gasteiger partial charge in [0.25, 0.3) is 0 Å². The molecule has 0 aromatic heterocycles. The number of ether oxygens (including phenoxy) is 2. The molecule has 0 saturated carbocycles. The van der Waals surface area contributed by atoms with Crippen molar-refractivity contribution < 1.29 is 29.3 Å². The standard InChI is InChI=1S/C16H18O6/c1-8-4-2-3-5-12-15(20)14-13(11(19)7-21-8)9(17)6-10(18)16(14)22-12/h6,8,12,17-18H,2-5,7H2,1H3/t8-,12+/m1/s1. The monoisotopic (exact) mass is 306 g/mol. The van der Waals surface area contributed by atoms with Gasteiger partial charge in [-0.05, 0) is 26.2 Å². The van der Waals surface area contributed by atoms with Crippen LogP contribution in [0.15, 0.2) is 6.07 Å². The van der Waals surface area contributed by atoms with E-state index in [0.717, 1.165) is 25.3 Å². The highest BCUT2D eigenvalue weighted by atomic mass is 16.5. The Labute approximate surface area is 127 Å². The van der Waals surface area contributed by atoms with Crippen molar-refractivity contribution in [3.63, 3.8) is 0 Å². The van der Waals surface area contributed by atoms with Crippen LogP contribution in [-0.2, 0) is 4.74 Å². The molecule has 0 radical (unpaired) electrons. The molecule has 0 spiro atoms. The number of rotatable bonds is 0. The second-order valence-corrected chi connectivity index (χ2v) is 5.79. The van der Waals surface area contributed by atoms with Crippen molar-refractivity contribution in [2.24, 2.45) is 0 Å². The van der Waals surface area contributed by atoms with Gasteiger partial charge in [-0.3, -0.25) is 9.59 Å². The van der Waals surface area contributed by atoms with Crippen LogP contribution in [0.2, 0.25) is 0 Å². The van der Waals surface area contributed by atoms with Crippen LogP contribution in [0, 0.1) is 0 Å². The van der Waals surface area contributed by atoms with Crippen LogP contribution in [0.3, 0.4) is 0 Å². The van der Waals surface area contributed by atoms with Crippen molar-refractivity contribution in [2.75, 3.05) is 6.61 Å². The van der Waals surface area contributed by atoms with E-state index in [1.807, 2.05) is 6.92 Å². The molecule has 1 aromatic rings. The zero-order chi connectivity index (χ0) is 15.9. The van der Waals surface area contributed by atoms with Crippen molar-refractivity contribution in [1.82, 2.24) is 0 Å². The van der Waals surface area contributed by atoms with Crippen molar-refractivity contribution in [3.05, 3.63) is 17.2 Å². The number of Topliss-reactive ketones (excluding diaryl/α,β-unsaturated/α-hetero) is 2. The lowest BCUT2D eigenvalue weighted by molar-refractivity contribution is 0.0474. The molecular formula is C16H18O6. The van der Waals surface area contributed by atoms with E-state index in [-0.39, 0.29) is 41.1 Å². The number of carbonyl (C=O) groups is 2. The van der Waals surface area contributed by atoms with Crippen LogP contribution >= 0.6 is 0 Å². The molecule has 0 unspecified atom stereocenters. The molecule has 6 nitrogen and oxygen atoms in total. The summed E-state index contributed by atoms with van der Waals surface area (Å²) in [6.07, 6.45) is 2.17. The molecule has 0 aliphatic carbocycles. The fraction of sp³-hybridized carbons (Fsp3) is 0.500. The second-order valence-electron chi connectivity index (χ2n) is 5.79. The van der Waals surface area contributed by atoms with Crippen molar-refractivity contribution in [3.8, 4) is 17.2 Å². The van der Waals surface area contributed by atoms with E-state index in [9.17, 15) is 19.8 Å². The molecule has 1 aromatic carbocycles. The minimum absolute atomic E-state index is 0.0107. The fourth-order valence-corrected chi connectivity index (χ4v) is 2.96. The predicted molar refractivity (Wildman–Crippen MR) is 76.7 cm³/mol. The average molecular weight is 306 g/mol. The fourth-order valence-electron chi connectivity index (χ4n) is 2.96. The van der Waals surface area contributed by atoms with E-state index in [4.69, 9.17) is 9.47 Å². The molecule has 0 saturated heterocycles. The maximum absolute atomic E-state index is 12.5. The minimum Gasteiger partial charge on any atom is -0.507 e. The lowest BCUT2D eigenvalue weighted by Crippen LogP contribution is -2.23. The van der Waals surface area contributed by atoms with Gasteiger partial charge in [-0.25, -0.2) is 0 Å². The van der Waals surface area contributed by atoms with Gasteiger partial charge in [0, 0.05) is 6.07 Å². The number of benzene rings is 1. The second kappa shape index (κ2) is 5.61. The largest absolute Gasteiger partial charge is 0.507 e. The molecule has 22 heavy (non-hydrogen) atoms. The predicted octanol–water partition coefficient (Wildman–Crippen LogP) is 2.20. The zero-order valence-electron chi connectivity index (χ0n) is 12.3. The van der Waals surface area contributed by atoms with Gasteiger partial charge >= 0.3 is 0 Å². The van der Waals surface area contributed by atoms with Gasteiger partial charge in [0.2, 0.25) is 5.78 Å². The number of hydrogen-bond acceptors (Lipinski definition) is 6. The van der Waals surface area contributed by atoms with Crippen LogP contribution in [0.4, 0.5) is 0 Å². The molecule has 2 aliphatic rings. The summed E-state index contributed by atoms with van der Waals surface area (Å²) >= 11 is 0. The van der Waals surface area contributed by atoms with E-state index in [2.05, 4.69) is 0 Å². The first-order valence-corrected chi connectivity index (χ1v) is 7.43. The summed E-state index contributed by atoms with van der Waals surface area (Å²) < 4.78 is 11.0. The SMILES string of the molecule is C[C@@H]1CCCC[C@@H]2Oc3c(O)cc(O)c(c3C2=O)C(=O)CO1. The van der Waals surface area contributed by atoms with E-state index >= 15 is 0 Å². The molecule has 0 fully saturated rings. The molecule has 118 valence electrons. The molecule has 0 amide bonds. The Bertz CT molecular complexity index is 636. The average Bonchev–Trinajstić information content (AvgIpc) is 2.79. The third-order valence-electron chi connectivity index (χ3n) is 4.14. The highest BCUT2D eigenvalue weighted by molar-refractivity contribution is 6.16. The maximum atomic E-state index is 12.5. The number of hydrogen-bond donors (Lipinski definition) is 2. The van der Waals surface area contributed by atoms with Gasteiger partial charge in [0.05, 0.1) is 17.2 Å². The Hall–Kier alpha value is -2.08. The summed E-state index contributed by atoms with van der Waals surface area (Å²) in [7, 11) is 0. The van der Waals surface area contributed by atoms with Crippen LogP contribution in [0.25, 0.3) is 0 Å². The topological polar surface area (TPSA) is 93.1 Å². The van der Waals surface area contributed by atoms with Crippen molar-refractivity contribution >= 4 is 11.6 Å². The number of phenols is 2. The smallest absolute Gasteiger partial charge is 0.208 e. The lowest BCUT2D eigenvalue weighted by atomic mass is 9.95. The summed E-state index contributed by atoms with van der Waals surface area (Å²) in [5.41, 5.74) is -0.141. The lowest BCUT2D eigenvalue weighted by Gasteiger charge is -2.15. The first kappa shape index (κ1) is 14.8. The van der Waals surface area contributed by atoms with Gasteiger partial charge in [-0.15, -0.1) is 0 Å². The minimum atomic E-state index is -0.704. The Morgan fingerprint density at radius 1 is 1.09 bits per heavy atom. The first-order chi connectivity index (χ1) is 10.5. The summed E-state index contributed by atoms with van der Waals surface area (Å²) in [4.78, 5) is 24.8. The molecule has 3 rings (SSSR count). The number of ketones is 2. The third-order valence-corrected chi connectivity index (χ3v) is 4.14. The molecule has 2 atom stereocenters. The normalized spacial score (nSPS) is 25.3. The van der Waals surface area contributed by atoms with E-state index in [1.165, 1.54) is 0 Å². The molecule has 2 N–H and O–H groups in total. The maximum Gasteiger partial charge on any atom is 0.208 e. The van der Waals surface area contributed by atoms with E-state index < -0.39 is 17.6 Å². The Morgan fingerprint density at radius 3 is 2.59 bits per heavy atom. The van der Waals surface area contributed by atoms with Crippen LogP contribution in [-0.4, -0.2) is 40.6 Å². The van der Waals surface area contributed by atoms with Gasteiger partial charge in [-0.1, -0.05) is 6.42 Å². The number of phenolic OH excluding ortho intramolecular Hbond substituents is 2. The van der Waals surface area contributed by atoms with Crippen LogP contribution in [0.5, 0.6) is 17.2 Å². The molecule has 2 bridgehead atoms. The Balaban J connectivity index is 2.08. The molecule has 2 heterocycles. The van der Waals surface area contributed by atoms with Gasteiger partial charge in [0.1, 0.15) is 12.4 Å². The van der Waals surface area contributed by atoms with Crippen molar-refractivity contribution in [1.29, 1.82) is 0 Å². The number of aromatic hydroxyl groups is 2. The Morgan fingerprint density at radius 2 is 1.82 bits per heavy atom. The highest BCUT2D eigenvalue weighted by Crippen LogP contribution is 2.44.